The predicted molar refractivity (Wildman–Crippen MR) is 79.2 cm³/mol. The van der Waals surface area contributed by atoms with Gasteiger partial charge in [-0.05, 0) is 54.1 Å². The summed E-state index contributed by atoms with van der Waals surface area (Å²) in [6.45, 7) is 3.34. The number of phenolic OH excluding ortho intramolecular Hbond substituents is 1. The fourth-order valence-corrected chi connectivity index (χ4v) is 1.90. The van der Waals surface area contributed by atoms with Crippen molar-refractivity contribution in [1.82, 2.24) is 5.32 Å². The van der Waals surface area contributed by atoms with Crippen molar-refractivity contribution in [2.75, 3.05) is 6.54 Å². The molecule has 0 bridgehead atoms. The van der Waals surface area contributed by atoms with Crippen molar-refractivity contribution in [2.45, 2.75) is 20.3 Å². The van der Waals surface area contributed by atoms with E-state index >= 15 is 0 Å². The molecule has 0 aromatic heterocycles. The maximum absolute atomic E-state index is 11.9. The van der Waals surface area contributed by atoms with E-state index in [1.54, 1.807) is 26.0 Å². The molecule has 0 aliphatic heterocycles. The van der Waals surface area contributed by atoms with Crippen LogP contribution >= 0.6 is 22.6 Å². The van der Waals surface area contributed by atoms with E-state index in [4.69, 9.17) is 5.11 Å². The Hall–Kier alpha value is -1.31. The number of phenols is 1. The zero-order chi connectivity index (χ0) is 14.6. The summed E-state index contributed by atoms with van der Waals surface area (Å²) in [6, 6.07) is 4.67. The second-order valence-electron chi connectivity index (χ2n) is 4.56. The van der Waals surface area contributed by atoms with E-state index in [-0.39, 0.29) is 17.9 Å². The van der Waals surface area contributed by atoms with Gasteiger partial charge in [0.2, 0.25) is 0 Å². The lowest BCUT2D eigenvalue weighted by molar-refractivity contribution is -0.147. The van der Waals surface area contributed by atoms with Crippen LogP contribution in [0, 0.1) is 8.99 Å². The van der Waals surface area contributed by atoms with Crippen LogP contribution in [0.3, 0.4) is 0 Å². The zero-order valence-electron chi connectivity index (χ0n) is 10.7. The minimum atomic E-state index is -1.01. The van der Waals surface area contributed by atoms with Crippen LogP contribution in [0.5, 0.6) is 5.75 Å². The molecule has 6 heteroatoms. The van der Waals surface area contributed by atoms with E-state index < -0.39 is 17.3 Å². The summed E-state index contributed by atoms with van der Waals surface area (Å²) in [7, 11) is 0. The molecule has 0 aliphatic rings. The van der Waals surface area contributed by atoms with Crippen molar-refractivity contribution >= 4 is 34.5 Å². The maximum atomic E-state index is 11.9. The predicted octanol–water partition coefficient (Wildman–Crippen LogP) is 2.23. The average Bonchev–Trinajstić information content (AvgIpc) is 2.38. The largest absolute Gasteiger partial charge is 0.507 e. The maximum Gasteiger partial charge on any atom is 0.311 e. The molecule has 1 rings (SSSR count). The first kappa shape index (κ1) is 15.7. The minimum absolute atomic E-state index is 0.0164. The molecule has 1 amide bonds. The Morgan fingerprint density at radius 2 is 2.05 bits per heavy atom. The highest BCUT2D eigenvalue weighted by atomic mass is 127. The third-order valence-corrected chi connectivity index (χ3v) is 3.81. The number of carbonyl (C=O) groups is 2. The van der Waals surface area contributed by atoms with Crippen molar-refractivity contribution < 1.29 is 19.8 Å². The van der Waals surface area contributed by atoms with Gasteiger partial charge >= 0.3 is 5.97 Å². The first-order valence-electron chi connectivity index (χ1n) is 5.80. The van der Waals surface area contributed by atoms with Crippen molar-refractivity contribution in [1.29, 1.82) is 0 Å². The third-order valence-electron chi connectivity index (χ3n) is 3.14. The molecule has 1 aromatic carbocycles. The molecule has 0 heterocycles. The standard InChI is InChI=1S/C13H16INO4/c1-3-13(2,12(18)19)7-15-11(17)9-6-8(14)4-5-10(9)16/h4-6,16H,3,7H2,1-2H3,(H,15,17)(H,18,19). The normalized spacial score (nSPS) is 13.6. The van der Waals surface area contributed by atoms with Crippen molar-refractivity contribution in [3.8, 4) is 5.75 Å². The van der Waals surface area contributed by atoms with E-state index in [0.717, 1.165) is 3.57 Å². The number of nitrogens with one attached hydrogen (secondary N) is 1. The van der Waals surface area contributed by atoms with Gasteiger partial charge in [0, 0.05) is 10.1 Å². The fraction of sp³-hybridized carbons (Fsp3) is 0.385. The second-order valence-corrected chi connectivity index (χ2v) is 5.81. The molecule has 5 nitrogen and oxygen atoms in total. The molecule has 0 spiro atoms. The number of carboxylic acids is 1. The van der Waals surface area contributed by atoms with Crippen LogP contribution in [0.2, 0.25) is 0 Å². The number of hydrogen-bond donors (Lipinski definition) is 3. The van der Waals surface area contributed by atoms with E-state index in [9.17, 15) is 14.7 Å². The number of rotatable bonds is 5. The molecule has 0 fully saturated rings. The van der Waals surface area contributed by atoms with Crippen LogP contribution < -0.4 is 5.32 Å². The lowest BCUT2D eigenvalue weighted by Gasteiger charge is -2.23. The van der Waals surface area contributed by atoms with Gasteiger partial charge < -0.3 is 15.5 Å². The summed E-state index contributed by atoms with van der Waals surface area (Å²) in [5.74, 6) is -1.55. The van der Waals surface area contributed by atoms with Crippen LogP contribution in [0.1, 0.15) is 30.6 Å². The summed E-state index contributed by atoms with van der Waals surface area (Å²) < 4.78 is 0.817. The van der Waals surface area contributed by atoms with Gasteiger partial charge in [-0.1, -0.05) is 6.92 Å². The van der Waals surface area contributed by atoms with Gasteiger partial charge in [-0.25, -0.2) is 0 Å². The van der Waals surface area contributed by atoms with Crippen LogP contribution in [-0.2, 0) is 4.79 Å². The SMILES string of the molecule is CCC(C)(CNC(=O)c1cc(I)ccc1O)C(=O)O. The van der Waals surface area contributed by atoms with Gasteiger partial charge in [0.25, 0.3) is 5.91 Å². The number of carbonyl (C=O) groups excluding carboxylic acids is 1. The lowest BCUT2D eigenvalue weighted by atomic mass is 9.87. The average molecular weight is 377 g/mol. The van der Waals surface area contributed by atoms with Crippen LogP contribution in [-0.4, -0.2) is 28.6 Å². The Kier molecular flexibility index (Phi) is 5.16. The molecule has 0 radical (unpaired) electrons. The van der Waals surface area contributed by atoms with Gasteiger partial charge in [-0.15, -0.1) is 0 Å². The molecule has 1 unspecified atom stereocenters. The molecule has 1 aromatic rings. The highest BCUT2D eigenvalue weighted by Crippen LogP contribution is 2.22. The molecular formula is C13H16INO4. The molecule has 0 saturated heterocycles. The highest BCUT2D eigenvalue weighted by molar-refractivity contribution is 14.1. The smallest absolute Gasteiger partial charge is 0.311 e. The van der Waals surface area contributed by atoms with E-state index in [1.807, 2.05) is 22.6 Å². The summed E-state index contributed by atoms with van der Waals surface area (Å²) in [5.41, 5.74) is -0.858. The number of aromatic hydroxyl groups is 1. The van der Waals surface area contributed by atoms with Gasteiger partial charge in [0.1, 0.15) is 5.75 Å². The van der Waals surface area contributed by atoms with E-state index in [1.165, 1.54) is 6.07 Å². The molecule has 3 N–H and O–H groups in total. The Morgan fingerprint density at radius 3 is 2.58 bits per heavy atom. The van der Waals surface area contributed by atoms with E-state index in [0.29, 0.717) is 6.42 Å². The van der Waals surface area contributed by atoms with Crippen molar-refractivity contribution in [2.24, 2.45) is 5.41 Å². The quantitative estimate of drug-likeness (QED) is 0.687. The highest BCUT2D eigenvalue weighted by Gasteiger charge is 2.31. The van der Waals surface area contributed by atoms with Crippen LogP contribution in [0.25, 0.3) is 0 Å². The van der Waals surface area contributed by atoms with Gasteiger partial charge in [-0.2, -0.15) is 0 Å². The summed E-state index contributed by atoms with van der Waals surface area (Å²) in [4.78, 5) is 23.1. The Morgan fingerprint density at radius 1 is 1.42 bits per heavy atom. The monoisotopic (exact) mass is 377 g/mol. The number of benzene rings is 1. The lowest BCUT2D eigenvalue weighted by Crippen LogP contribution is -2.40. The summed E-state index contributed by atoms with van der Waals surface area (Å²) in [5, 5.41) is 21.3. The van der Waals surface area contributed by atoms with Crippen molar-refractivity contribution in [3.05, 3.63) is 27.3 Å². The number of amides is 1. The van der Waals surface area contributed by atoms with E-state index in [2.05, 4.69) is 5.32 Å². The first-order chi connectivity index (χ1) is 8.80. The van der Waals surface area contributed by atoms with Crippen LogP contribution in [0.15, 0.2) is 18.2 Å². The zero-order valence-corrected chi connectivity index (χ0v) is 12.9. The molecule has 104 valence electrons. The molecular weight excluding hydrogens is 361 g/mol. The third kappa shape index (κ3) is 3.82. The first-order valence-corrected chi connectivity index (χ1v) is 6.88. The van der Waals surface area contributed by atoms with Gasteiger partial charge in [0.15, 0.2) is 0 Å². The minimum Gasteiger partial charge on any atom is -0.507 e. The topological polar surface area (TPSA) is 86.6 Å². The molecule has 1 atom stereocenters. The molecule has 19 heavy (non-hydrogen) atoms. The van der Waals surface area contributed by atoms with Gasteiger partial charge in [0.05, 0.1) is 11.0 Å². The molecule has 0 saturated carbocycles. The fourth-order valence-electron chi connectivity index (χ4n) is 1.41. The van der Waals surface area contributed by atoms with Crippen molar-refractivity contribution in [3.63, 3.8) is 0 Å². The summed E-state index contributed by atoms with van der Waals surface area (Å²) in [6.07, 6.45) is 0.404. The second kappa shape index (κ2) is 6.23. The number of hydrogen-bond acceptors (Lipinski definition) is 3. The number of carboxylic acid groups (broad SMARTS) is 1. The number of aliphatic carboxylic acids is 1. The van der Waals surface area contributed by atoms with Crippen LogP contribution in [0.4, 0.5) is 0 Å². The molecule has 0 aliphatic carbocycles. The van der Waals surface area contributed by atoms with Gasteiger partial charge in [-0.3, -0.25) is 9.59 Å². The Labute approximate surface area is 125 Å². The number of halogens is 1. The summed E-state index contributed by atoms with van der Waals surface area (Å²) >= 11 is 2.03. The Balaban J connectivity index is 2.81. The Bertz CT molecular complexity index is 503.